The molecule has 3 rings (SSSR count). The van der Waals surface area contributed by atoms with E-state index < -0.39 is 57.3 Å². The van der Waals surface area contributed by atoms with Crippen LogP contribution >= 0.6 is 0 Å². The number of hydrogen-bond donors (Lipinski definition) is 1. The van der Waals surface area contributed by atoms with Crippen LogP contribution in [0.3, 0.4) is 0 Å². The summed E-state index contributed by atoms with van der Waals surface area (Å²) in [6.45, 7) is 0. The van der Waals surface area contributed by atoms with Crippen molar-refractivity contribution in [1.29, 1.82) is 0 Å². The number of amides is 1. The highest BCUT2D eigenvalue weighted by Crippen LogP contribution is 2.34. The predicted molar refractivity (Wildman–Crippen MR) is 92.9 cm³/mol. The molecule has 1 aliphatic rings. The van der Waals surface area contributed by atoms with Crippen molar-refractivity contribution in [1.82, 2.24) is 5.32 Å². The first kappa shape index (κ1) is 20.2. The van der Waals surface area contributed by atoms with Crippen LogP contribution in [-0.4, -0.2) is 22.4 Å². The predicted octanol–water partition coefficient (Wildman–Crippen LogP) is 3.24. The average Bonchev–Trinajstić information content (AvgIpc) is 2.66. The molecule has 150 valence electrons. The highest BCUT2D eigenvalue weighted by Gasteiger charge is 2.43. The fourth-order valence-electron chi connectivity index (χ4n) is 3.15. The third kappa shape index (κ3) is 4.00. The summed E-state index contributed by atoms with van der Waals surface area (Å²) in [5, 5.41) is 13.7. The number of halogens is 3. The number of alkyl halides is 3. The Kier molecular flexibility index (Phi) is 5.19. The largest absolute Gasteiger partial charge is 0.416 e. The van der Waals surface area contributed by atoms with Gasteiger partial charge >= 0.3 is 6.18 Å². The number of nitrogens with one attached hydrogen (secondary N) is 1. The molecule has 0 spiro atoms. The molecule has 1 saturated heterocycles. The maximum absolute atomic E-state index is 12.8. The van der Waals surface area contributed by atoms with E-state index >= 15 is 0 Å². The minimum absolute atomic E-state index is 0.214. The normalized spacial score (nSPS) is 19.6. The smallest absolute Gasteiger partial charge is 0.348 e. The van der Waals surface area contributed by atoms with E-state index in [0.717, 1.165) is 0 Å². The number of rotatable bonds is 4. The number of carbonyl (C=O) groups excluding carboxylic acids is 3. The number of nitro groups is 1. The van der Waals surface area contributed by atoms with Gasteiger partial charge in [-0.1, -0.05) is 30.3 Å². The Morgan fingerprint density at radius 2 is 1.76 bits per heavy atom. The second-order valence-electron chi connectivity index (χ2n) is 6.43. The van der Waals surface area contributed by atoms with Crippen LogP contribution in [0.1, 0.15) is 33.9 Å². The molecular formula is C19H13F3N2O5. The Morgan fingerprint density at radius 1 is 1.10 bits per heavy atom. The van der Waals surface area contributed by atoms with Gasteiger partial charge in [0.1, 0.15) is 0 Å². The van der Waals surface area contributed by atoms with E-state index in [4.69, 9.17) is 0 Å². The fraction of sp³-hybridized carbons (Fsp3) is 0.211. The fourth-order valence-corrected chi connectivity index (χ4v) is 3.15. The third-order valence-electron chi connectivity index (χ3n) is 4.56. The molecule has 0 aliphatic carbocycles. The molecule has 0 bridgehead atoms. The lowest BCUT2D eigenvalue weighted by Crippen LogP contribution is -2.48. The first-order valence-corrected chi connectivity index (χ1v) is 8.37. The number of piperidine rings is 1. The van der Waals surface area contributed by atoms with Gasteiger partial charge in [0.2, 0.25) is 5.91 Å². The molecule has 2 atom stereocenters. The second-order valence-corrected chi connectivity index (χ2v) is 6.43. The lowest BCUT2D eigenvalue weighted by atomic mass is 9.84. The highest BCUT2D eigenvalue weighted by atomic mass is 19.4. The van der Waals surface area contributed by atoms with Gasteiger partial charge in [-0.15, -0.1) is 0 Å². The van der Waals surface area contributed by atoms with Crippen LogP contribution in [0, 0.1) is 16.0 Å². The summed E-state index contributed by atoms with van der Waals surface area (Å²) in [6, 6.07) is 9.18. The molecule has 2 unspecified atom stereocenters. The SMILES string of the molecule is O=C1CC(c2ccccc2)NC(=O)C1C(=O)c1ccc(C(F)(F)F)cc1[N+](=O)[O-]. The van der Waals surface area contributed by atoms with Crippen LogP contribution < -0.4 is 5.32 Å². The molecule has 10 heteroatoms. The molecule has 0 aromatic heterocycles. The summed E-state index contributed by atoms with van der Waals surface area (Å²) in [7, 11) is 0. The van der Waals surface area contributed by atoms with Gasteiger partial charge in [-0.05, 0) is 17.7 Å². The van der Waals surface area contributed by atoms with Crippen molar-refractivity contribution < 1.29 is 32.5 Å². The quantitative estimate of drug-likeness (QED) is 0.363. The van der Waals surface area contributed by atoms with Crippen molar-refractivity contribution in [3.63, 3.8) is 0 Å². The molecule has 1 fully saturated rings. The van der Waals surface area contributed by atoms with Gasteiger partial charge in [-0.25, -0.2) is 0 Å². The first-order valence-electron chi connectivity index (χ1n) is 8.37. The van der Waals surface area contributed by atoms with Crippen LogP contribution in [0.4, 0.5) is 18.9 Å². The van der Waals surface area contributed by atoms with Gasteiger partial charge in [0, 0.05) is 12.5 Å². The van der Waals surface area contributed by atoms with Crippen molar-refractivity contribution in [2.45, 2.75) is 18.6 Å². The van der Waals surface area contributed by atoms with Gasteiger partial charge in [-0.2, -0.15) is 13.2 Å². The van der Waals surface area contributed by atoms with E-state index in [9.17, 15) is 37.7 Å². The number of ketones is 2. The van der Waals surface area contributed by atoms with Gasteiger partial charge in [-0.3, -0.25) is 24.5 Å². The Hall–Kier alpha value is -3.56. The number of Topliss-reactive ketones (excluding diaryl/α,β-unsaturated/α-hetero) is 2. The second kappa shape index (κ2) is 7.46. The van der Waals surface area contributed by atoms with Gasteiger partial charge in [0.15, 0.2) is 17.5 Å². The van der Waals surface area contributed by atoms with Crippen molar-refractivity contribution >= 4 is 23.2 Å². The molecule has 1 amide bonds. The van der Waals surface area contributed by atoms with E-state index in [1.807, 2.05) is 0 Å². The number of nitro benzene ring substituents is 1. The molecule has 7 nitrogen and oxygen atoms in total. The van der Waals surface area contributed by atoms with Crippen LogP contribution in [0.2, 0.25) is 0 Å². The third-order valence-corrected chi connectivity index (χ3v) is 4.56. The summed E-state index contributed by atoms with van der Waals surface area (Å²) >= 11 is 0. The molecule has 29 heavy (non-hydrogen) atoms. The minimum atomic E-state index is -4.85. The van der Waals surface area contributed by atoms with Gasteiger partial charge in [0.05, 0.1) is 22.1 Å². The van der Waals surface area contributed by atoms with Crippen molar-refractivity contribution in [3.05, 3.63) is 75.3 Å². The number of carbonyl (C=O) groups is 3. The van der Waals surface area contributed by atoms with E-state index in [0.29, 0.717) is 17.7 Å². The Balaban J connectivity index is 1.92. The van der Waals surface area contributed by atoms with Crippen LogP contribution in [0.15, 0.2) is 48.5 Å². The van der Waals surface area contributed by atoms with E-state index in [-0.39, 0.29) is 12.5 Å². The zero-order valence-corrected chi connectivity index (χ0v) is 14.6. The summed E-state index contributed by atoms with van der Waals surface area (Å²) in [5.74, 6) is -4.78. The average molecular weight is 406 g/mol. The Morgan fingerprint density at radius 3 is 2.31 bits per heavy atom. The van der Waals surface area contributed by atoms with Crippen molar-refractivity contribution in [3.8, 4) is 0 Å². The summed E-state index contributed by atoms with van der Waals surface area (Å²) in [6.07, 6.45) is -5.08. The van der Waals surface area contributed by atoms with Gasteiger partial charge < -0.3 is 5.32 Å². The first-order chi connectivity index (χ1) is 13.6. The minimum Gasteiger partial charge on any atom is -0.348 e. The summed E-state index contributed by atoms with van der Waals surface area (Å²) in [4.78, 5) is 47.6. The van der Waals surface area contributed by atoms with E-state index in [1.165, 1.54) is 0 Å². The highest BCUT2D eigenvalue weighted by molar-refractivity contribution is 6.25. The molecule has 1 aliphatic heterocycles. The molecule has 2 aromatic carbocycles. The maximum atomic E-state index is 12.8. The van der Waals surface area contributed by atoms with Crippen molar-refractivity contribution in [2.24, 2.45) is 5.92 Å². The summed E-state index contributed by atoms with van der Waals surface area (Å²) in [5.41, 5.74) is -2.52. The van der Waals surface area contributed by atoms with E-state index in [1.54, 1.807) is 30.3 Å². The Labute approximate surface area is 161 Å². The zero-order chi connectivity index (χ0) is 21.3. The molecule has 1 N–H and O–H groups in total. The lowest BCUT2D eigenvalue weighted by molar-refractivity contribution is -0.385. The van der Waals surface area contributed by atoms with Crippen LogP contribution in [0.5, 0.6) is 0 Å². The van der Waals surface area contributed by atoms with Crippen molar-refractivity contribution in [2.75, 3.05) is 0 Å². The topological polar surface area (TPSA) is 106 Å². The molecule has 0 radical (unpaired) electrons. The molecule has 1 heterocycles. The number of hydrogen-bond acceptors (Lipinski definition) is 5. The van der Waals surface area contributed by atoms with Crippen LogP contribution in [0.25, 0.3) is 0 Å². The molecular weight excluding hydrogens is 393 g/mol. The van der Waals surface area contributed by atoms with Crippen LogP contribution in [-0.2, 0) is 15.8 Å². The van der Waals surface area contributed by atoms with Gasteiger partial charge in [0.25, 0.3) is 5.69 Å². The maximum Gasteiger partial charge on any atom is 0.416 e. The zero-order valence-electron chi connectivity index (χ0n) is 14.6. The number of nitrogens with zero attached hydrogens (tertiary/aromatic N) is 1. The standard InChI is InChI=1S/C19H13F3N2O5/c20-19(21,22)11-6-7-12(14(8-11)24(28)29)17(26)16-15(25)9-13(23-18(16)27)10-4-2-1-3-5-10/h1-8,13,16H,9H2,(H,23,27). The molecule has 2 aromatic rings. The number of benzene rings is 2. The monoisotopic (exact) mass is 406 g/mol. The van der Waals surface area contributed by atoms with E-state index in [2.05, 4.69) is 5.32 Å². The Bertz CT molecular complexity index is 987. The molecule has 0 saturated carbocycles. The lowest BCUT2D eigenvalue weighted by Gasteiger charge is -2.27. The summed E-state index contributed by atoms with van der Waals surface area (Å²) < 4.78 is 38.5.